The molecule has 3 heterocycles. The maximum absolute atomic E-state index is 13.8. The third kappa shape index (κ3) is 3.34. The van der Waals surface area contributed by atoms with E-state index in [-0.39, 0.29) is 5.91 Å². The Labute approximate surface area is 180 Å². The van der Waals surface area contributed by atoms with Crippen molar-refractivity contribution in [1.29, 1.82) is 0 Å². The first-order chi connectivity index (χ1) is 14.7. The fraction of sp³-hybridized carbons (Fsp3) is 0.333. The molecule has 0 aliphatic carbocycles. The van der Waals surface area contributed by atoms with E-state index >= 15 is 0 Å². The van der Waals surface area contributed by atoms with Gasteiger partial charge in [0.1, 0.15) is 5.82 Å². The lowest BCUT2D eigenvalue weighted by atomic mass is 9.73. The molecule has 154 valence electrons. The van der Waals surface area contributed by atoms with Gasteiger partial charge in [0.05, 0.1) is 16.8 Å². The molecule has 0 radical (unpaired) electrons. The number of fused-ring (bicyclic) bond motifs is 1. The Morgan fingerprint density at radius 1 is 1.10 bits per heavy atom. The third-order valence-electron chi connectivity index (χ3n) is 6.14. The van der Waals surface area contributed by atoms with Crippen LogP contribution in [0.2, 0.25) is 0 Å². The van der Waals surface area contributed by atoms with Crippen molar-refractivity contribution in [3.05, 3.63) is 77.0 Å². The summed E-state index contributed by atoms with van der Waals surface area (Å²) >= 11 is 1.84. The molecule has 2 aliphatic rings. The van der Waals surface area contributed by atoms with E-state index in [9.17, 15) is 4.79 Å². The summed E-state index contributed by atoms with van der Waals surface area (Å²) in [5, 5.41) is 8.16. The number of hydrogen-bond donors (Lipinski definition) is 1. The summed E-state index contributed by atoms with van der Waals surface area (Å²) in [5.74, 6) is 2.60. The highest BCUT2D eigenvalue weighted by molar-refractivity contribution is 7.98. The Balaban J connectivity index is 1.56. The molecule has 1 fully saturated rings. The summed E-state index contributed by atoms with van der Waals surface area (Å²) in [5.41, 5.74) is 4.83. The summed E-state index contributed by atoms with van der Waals surface area (Å²) in [6.45, 7) is 3.25. The molecule has 0 atom stereocenters. The Bertz CT molecular complexity index is 1070. The van der Waals surface area contributed by atoms with Crippen LogP contribution in [-0.2, 0) is 26.5 Å². The maximum Gasteiger partial charge on any atom is 0.236 e. The van der Waals surface area contributed by atoms with Crippen molar-refractivity contribution in [1.82, 2.24) is 9.78 Å². The Kier molecular flexibility index (Phi) is 5.13. The highest BCUT2D eigenvalue weighted by atomic mass is 32.2. The maximum atomic E-state index is 13.8. The van der Waals surface area contributed by atoms with E-state index in [1.165, 1.54) is 5.56 Å². The lowest BCUT2D eigenvalue weighted by Crippen LogP contribution is -2.45. The van der Waals surface area contributed by atoms with Crippen molar-refractivity contribution >= 4 is 23.5 Å². The zero-order chi connectivity index (χ0) is 20.6. The van der Waals surface area contributed by atoms with E-state index in [1.807, 2.05) is 46.8 Å². The minimum atomic E-state index is -0.583. The highest BCUT2D eigenvalue weighted by Gasteiger charge is 2.42. The molecular formula is C24H25N3O2S. The second-order valence-corrected chi connectivity index (χ2v) is 9.02. The van der Waals surface area contributed by atoms with Crippen molar-refractivity contribution < 1.29 is 9.53 Å². The normalized spacial score (nSPS) is 17.5. The van der Waals surface area contributed by atoms with Gasteiger partial charge in [-0.25, -0.2) is 4.68 Å². The number of carbonyl (C=O) groups is 1. The third-order valence-corrected chi connectivity index (χ3v) is 7.11. The zero-order valence-electron chi connectivity index (χ0n) is 17.1. The molecule has 1 amide bonds. The topological polar surface area (TPSA) is 56.2 Å². The van der Waals surface area contributed by atoms with Crippen molar-refractivity contribution in [3.63, 3.8) is 0 Å². The van der Waals surface area contributed by atoms with Crippen LogP contribution in [-0.4, -0.2) is 28.9 Å². The number of aromatic nitrogens is 2. The molecule has 0 saturated carbocycles. The standard InChI is InChI=1S/C24H25N3O2S/c1-17-6-5-9-19(14-17)27-22(20-15-30-16-21(20)26-27)25-23(28)24(10-12-29-13-11-24)18-7-3-2-4-8-18/h2-9,14H,10-13,15-16H2,1H3,(H,25,28). The minimum Gasteiger partial charge on any atom is -0.381 e. The first-order valence-electron chi connectivity index (χ1n) is 10.4. The van der Waals surface area contributed by atoms with E-state index in [2.05, 4.69) is 36.5 Å². The van der Waals surface area contributed by atoms with Gasteiger partial charge in [-0.1, -0.05) is 42.5 Å². The summed E-state index contributed by atoms with van der Waals surface area (Å²) in [6, 6.07) is 18.4. The van der Waals surface area contributed by atoms with Crippen LogP contribution in [0.4, 0.5) is 5.82 Å². The van der Waals surface area contributed by atoms with Crippen LogP contribution in [0.3, 0.4) is 0 Å². The molecule has 30 heavy (non-hydrogen) atoms. The lowest BCUT2D eigenvalue weighted by Gasteiger charge is -2.36. The number of anilines is 1. The number of nitrogens with one attached hydrogen (secondary N) is 1. The summed E-state index contributed by atoms with van der Waals surface area (Å²) in [7, 11) is 0. The first-order valence-corrected chi connectivity index (χ1v) is 11.5. The SMILES string of the molecule is Cc1cccc(-n2nc3c(c2NC(=O)C2(c4ccccc4)CCOCC2)CSC3)c1. The monoisotopic (exact) mass is 419 g/mol. The smallest absolute Gasteiger partial charge is 0.236 e. The number of carbonyl (C=O) groups excluding carboxylic acids is 1. The average molecular weight is 420 g/mol. The van der Waals surface area contributed by atoms with E-state index in [0.29, 0.717) is 26.1 Å². The van der Waals surface area contributed by atoms with Gasteiger partial charge in [-0.05, 0) is 43.0 Å². The van der Waals surface area contributed by atoms with E-state index in [1.54, 1.807) is 0 Å². The van der Waals surface area contributed by atoms with Crippen molar-refractivity contribution in [2.75, 3.05) is 18.5 Å². The van der Waals surface area contributed by atoms with Crippen LogP contribution >= 0.6 is 11.8 Å². The number of amides is 1. The second kappa shape index (κ2) is 7.93. The van der Waals surface area contributed by atoms with E-state index in [0.717, 1.165) is 39.8 Å². The van der Waals surface area contributed by atoms with Gasteiger partial charge >= 0.3 is 0 Å². The van der Waals surface area contributed by atoms with Crippen molar-refractivity contribution in [3.8, 4) is 5.69 Å². The molecule has 3 aromatic rings. The molecular weight excluding hydrogens is 394 g/mol. The second-order valence-electron chi connectivity index (χ2n) is 8.03. The molecule has 1 aromatic heterocycles. The minimum absolute atomic E-state index is 0.0329. The molecule has 1 N–H and O–H groups in total. The van der Waals surface area contributed by atoms with Crippen LogP contribution in [0, 0.1) is 6.92 Å². The molecule has 1 saturated heterocycles. The molecule has 0 bridgehead atoms. The lowest BCUT2D eigenvalue weighted by molar-refractivity contribution is -0.125. The molecule has 0 unspecified atom stereocenters. The van der Waals surface area contributed by atoms with Crippen LogP contribution in [0.1, 0.15) is 35.2 Å². The van der Waals surface area contributed by atoms with Gasteiger partial charge in [-0.15, -0.1) is 0 Å². The quantitative estimate of drug-likeness (QED) is 0.671. The largest absolute Gasteiger partial charge is 0.381 e. The highest BCUT2D eigenvalue weighted by Crippen LogP contribution is 2.39. The average Bonchev–Trinajstić information content (AvgIpc) is 3.37. The number of ether oxygens (including phenoxy) is 1. The van der Waals surface area contributed by atoms with Crippen LogP contribution in [0.25, 0.3) is 5.69 Å². The molecule has 5 rings (SSSR count). The molecule has 5 nitrogen and oxygen atoms in total. The molecule has 2 aliphatic heterocycles. The fourth-order valence-electron chi connectivity index (χ4n) is 4.44. The zero-order valence-corrected chi connectivity index (χ0v) is 17.9. The van der Waals surface area contributed by atoms with Crippen LogP contribution < -0.4 is 5.32 Å². The predicted molar refractivity (Wildman–Crippen MR) is 120 cm³/mol. The summed E-state index contributed by atoms with van der Waals surface area (Å²) in [6.07, 6.45) is 1.36. The van der Waals surface area contributed by atoms with Crippen LogP contribution in [0.15, 0.2) is 54.6 Å². The number of benzene rings is 2. The molecule has 6 heteroatoms. The Morgan fingerprint density at radius 3 is 2.67 bits per heavy atom. The number of rotatable bonds is 4. The van der Waals surface area contributed by atoms with Gasteiger partial charge in [-0.3, -0.25) is 4.79 Å². The van der Waals surface area contributed by atoms with Gasteiger partial charge in [0.2, 0.25) is 5.91 Å². The van der Waals surface area contributed by atoms with Crippen LogP contribution in [0.5, 0.6) is 0 Å². The van der Waals surface area contributed by atoms with E-state index < -0.39 is 5.41 Å². The van der Waals surface area contributed by atoms with E-state index in [4.69, 9.17) is 9.84 Å². The number of hydrogen-bond acceptors (Lipinski definition) is 4. The van der Waals surface area contributed by atoms with Gasteiger partial charge in [0.15, 0.2) is 0 Å². The van der Waals surface area contributed by atoms with Gasteiger partial charge in [0, 0.05) is 30.3 Å². The molecule has 2 aromatic carbocycles. The summed E-state index contributed by atoms with van der Waals surface area (Å²) in [4.78, 5) is 13.8. The first kappa shape index (κ1) is 19.4. The van der Waals surface area contributed by atoms with Gasteiger partial charge in [-0.2, -0.15) is 16.9 Å². The van der Waals surface area contributed by atoms with Crippen molar-refractivity contribution in [2.24, 2.45) is 0 Å². The Hall–Kier alpha value is -2.57. The number of nitrogens with zero attached hydrogens (tertiary/aromatic N) is 2. The predicted octanol–water partition coefficient (Wildman–Crippen LogP) is 4.61. The van der Waals surface area contributed by atoms with Crippen molar-refractivity contribution in [2.45, 2.75) is 36.7 Å². The number of thioether (sulfide) groups is 1. The molecule has 0 spiro atoms. The fourth-order valence-corrected chi connectivity index (χ4v) is 5.47. The summed E-state index contributed by atoms with van der Waals surface area (Å²) < 4.78 is 7.52. The Morgan fingerprint density at radius 2 is 1.90 bits per heavy atom. The number of aryl methyl sites for hydroxylation is 1. The van der Waals surface area contributed by atoms with Gasteiger partial charge < -0.3 is 10.1 Å². The van der Waals surface area contributed by atoms with Gasteiger partial charge in [0.25, 0.3) is 0 Å².